The lowest BCUT2D eigenvalue weighted by Crippen LogP contribution is -2.71. The molecule has 1 saturated heterocycles. The fourth-order valence-electron chi connectivity index (χ4n) is 7.94. The number of hydrogen-bond donors (Lipinski definition) is 2. The van der Waals surface area contributed by atoms with Gasteiger partial charge in [-0.1, -0.05) is 181 Å². The molecule has 0 saturated carbocycles. The summed E-state index contributed by atoms with van der Waals surface area (Å²) in [6, 6.07) is -0.571. The van der Waals surface area contributed by atoms with Gasteiger partial charge in [-0.15, -0.1) is 0 Å². The summed E-state index contributed by atoms with van der Waals surface area (Å²) in [6.07, 6.45) is 40.2. The monoisotopic (exact) mass is 777 g/mol. The molecule has 7 nitrogen and oxygen atoms in total. The second kappa shape index (κ2) is 35.7. The number of carbonyl (C=O) groups is 2. The Labute approximate surface area is 341 Å². The Bertz CT molecular complexity index is 920. The molecule has 55 heavy (non-hydrogen) atoms. The molecule has 0 aromatic heterocycles. The Balaban J connectivity index is 2.56. The average molecular weight is 777 g/mol. The summed E-state index contributed by atoms with van der Waals surface area (Å²) < 4.78 is 12.0. The third-order valence-electron chi connectivity index (χ3n) is 11.8. The highest BCUT2D eigenvalue weighted by Gasteiger charge is 2.56. The number of esters is 1. The molecule has 1 heterocycles. The number of unbranched alkanes of at least 4 members (excludes halogenated alkanes) is 24. The molecule has 4 atom stereocenters. The highest BCUT2D eigenvalue weighted by atomic mass is 16.6. The van der Waals surface area contributed by atoms with E-state index in [2.05, 4.69) is 50.1 Å². The molecule has 1 rings (SSSR count). The maximum absolute atomic E-state index is 13.3. The van der Waals surface area contributed by atoms with Gasteiger partial charge in [-0.05, 0) is 71.4 Å². The number of nitrogens with zero attached hydrogens (tertiary/aromatic N) is 1. The van der Waals surface area contributed by atoms with Gasteiger partial charge < -0.3 is 19.9 Å². The van der Waals surface area contributed by atoms with Gasteiger partial charge in [0.15, 0.2) is 0 Å². The van der Waals surface area contributed by atoms with Crippen molar-refractivity contribution in [1.29, 1.82) is 0 Å². The topological polar surface area (TPSA) is 88.1 Å². The summed E-state index contributed by atoms with van der Waals surface area (Å²) in [5, 5.41) is 15.0. The van der Waals surface area contributed by atoms with Crippen LogP contribution in [-0.2, 0) is 19.1 Å². The van der Waals surface area contributed by atoms with Crippen molar-refractivity contribution in [2.75, 3.05) is 26.2 Å². The van der Waals surface area contributed by atoms with E-state index in [1.54, 1.807) is 0 Å². The lowest BCUT2D eigenvalue weighted by molar-refractivity contribution is -0.297. The van der Waals surface area contributed by atoms with E-state index < -0.39 is 17.7 Å². The molecule has 1 aliphatic heterocycles. The van der Waals surface area contributed by atoms with Gasteiger partial charge in [-0.3, -0.25) is 14.5 Å². The zero-order valence-corrected chi connectivity index (χ0v) is 37.2. The first-order valence-electron chi connectivity index (χ1n) is 24.0. The van der Waals surface area contributed by atoms with E-state index in [-0.39, 0.29) is 31.1 Å². The number of ether oxygens (including phenoxy) is 2. The maximum atomic E-state index is 13.3. The minimum absolute atomic E-state index is 0.0183. The lowest BCUT2D eigenvalue weighted by Gasteiger charge is -2.53. The maximum Gasteiger partial charge on any atom is 0.320 e. The van der Waals surface area contributed by atoms with Crippen LogP contribution in [0.1, 0.15) is 234 Å². The molecule has 1 aliphatic rings. The van der Waals surface area contributed by atoms with Gasteiger partial charge in [0.05, 0.1) is 18.7 Å². The molecular weight excluding hydrogens is 685 g/mol. The van der Waals surface area contributed by atoms with Gasteiger partial charge in [0.25, 0.3) is 0 Å². The van der Waals surface area contributed by atoms with Crippen LogP contribution < -0.4 is 5.32 Å². The number of nitrogens with one attached hydrogen (secondary N) is 1. The van der Waals surface area contributed by atoms with Crippen molar-refractivity contribution in [1.82, 2.24) is 10.2 Å². The largest absolute Gasteiger partial charge is 0.462 e. The summed E-state index contributed by atoms with van der Waals surface area (Å²) >= 11 is 0. The molecule has 2 N–H and O–H groups in total. The minimum Gasteiger partial charge on any atom is -0.462 e. The number of rotatable bonds is 40. The van der Waals surface area contributed by atoms with E-state index in [0.29, 0.717) is 12.8 Å². The van der Waals surface area contributed by atoms with Crippen molar-refractivity contribution < 1.29 is 24.2 Å². The van der Waals surface area contributed by atoms with Crippen molar-refractivity contribution in [3.05, 3.63) is 12.2 Å². The molecule has 0 aromatic rings. The van der Waals surface area contributed by atoms with Crippen LogP contribution in [0.3, 0.4) is 0 Å². The third-order valence-corrected chi connectivity index (χ3v) is 11.8. The summed E-state index contributed by atoms with van der Waals surface area (Å²) in [5.41, 5.74) is -1.04. The highest BCUT2D eigenvalue weighted by Crippen LogP contribution is 2.39. The van der Waals surface area contributed by atoms with Crippen LogP contribution in [0.5, 0.6) is 0 Å². The first kappa shape index (κ1) is 51.6. The minimum atomic E-state index is -1.04. The van der Waals surface area contributed by atoms with Crippen molar-refractivity contribution in [2.24, 2.45) is 0 Å². The lowest BCUT2D eigenvalue weighted by atomic mass is 9.77. The molecular formula is C48H92N2O5. The van der Waals surface area contributed by atoms with E-state index in [4.69, 9.17) is 9.47 Å². The Morgan fingerprint density at radius 1 is 0.655 bits per heavy atom. The number of hydrogen-bond acceptors (Lipinski definition) is 6. The average Bonchev–Trinajstić information content (AvgIpc) is 3.18. The van der Waals surface area contributed by atoms with Crippen LogP contribution in [-0.4, -0.2) is 72.0 Å². The molecule has 2 unspecified atom stereocenters. The van der Waals surface area contributed by atoms with Crippen LogP contribution in [0.4, 0.5) is 0 Å². The first-order chi connectivity index (χ1) is 26.8. The molecule has 0 aliphatic carbocycles. The fraction of sp³-hybridized carbons (Fsp3) is 0.917. The van der Waals surface area contributed by atoms with Crippen molar-refractivity contribution >= 4 is 11.9 Å². The quantitative estimate of drug-likeness (QED) is 0.0366. The Hall–Kier alpha value is -1.44. The van der Waals surface area contributed by atoms with Crippen molar-refractivity contribution in [2.45, 2.75) is 258 Å². The van der Waals surface area contributed by atoms with Gasteiger partial charge in [0.1, 0.15) is 18.3 Å². The smallest absolute Gasteiger partial charge is 0.320 e. The van der Waals surface area contributed by atoms with E-state index in [1.165, 1.54) is 122 Å². The fourth-order valence-corrected chi connectivity index (χ4v) is 7.94. The van der Waals surface area contributed by atoms with E-state index >= 15 is 0 Å². The second-order valence-electron chi connectivity index (χ2n) is 17.0. The molecule has 0 radical (unpaired) electrons. The molecule has 324 valence electrons. The SMILES string of the molecule is CCCCCCCC/C=C\CCCCCCCC(=O)N[C@@H](COC(=O)CN(CCCC)CCCC)[C@@H]1OC(C)C1(O)CCCCCCCCCCCCCC. The highest BCUT2D eigenvalue weighted by molar-refractivity contribution is 5.76. The molecule has 7 heteroatoms. The standard InChI is InChI=1S/C48H92N2O5/c1-6-10-14-16-18-20-22-24-25-26-27-29-31-33-35-37-45(51)49-44(42-54-46(52)41-50(39-12-8-3)40-13-9-4)47-48(53,43(5)55-47)38-36-34-32-30-28-23-21-19-17-15-11-7-2/h24-25,43-44,47,53H,6-23,26-42H2,1-5H3,(H,49,51)/b25-24-/t43?,44-,47-,48?/m0/s1. The zero-order valence-electron chi connectivity index (χ0n) is 37.2. The molecule has 1 amide bonds. The number of aliphatic hydroxyl groups is 1. The summed E-state index contributed by atoms with van der Waals surface area (Å²) in [5.74, 6) is -0.331. The van der Waals surface area contributed by atoms with Crippen molar-refractivity contribution in [3.63, 3.8) is 0 Å². The van der Waals surface area contributed by atoms with Crippen LogP contribution in [0.25, 0.3) is 0 Å². The predicted molar refractivity (Wildman–Crippen MR) is 234 cm³/mol. The molecule has 0 bridgehead atoms. The molecule has 0 aromatic carbocycles. The third kappa shape index (κ3) is 26.2. The van der Waals surface area contributed by atoms with Gasteiger partial charge in [-0.2, -0.15) is 0 Å². The molecule has 0 spiro atoms. The number of carbonyl (C=O) groups excluding carboxylic acids is 2. The van der Waals surface area contributed by atoms with Crippen LogP contribution in [0.2, 0.25) is 0 Å². The zero-order chi connectivity index (χ0) is 40.2. The number of allylic oxidation sites excluding steroid dienone is 2. The number of amides is 1. The van der Waals surface area contributed by atoms with Gasteiger partial charge in [0.2, 0.25) is 5.91 Å². The van der Waals surface area contributed by atoms with E-state index in [1.807, 2.05) is 6.92 Å². The normalized spacial score (nSPS) is 18.9. The van der Waals surface area contributed by atoms with Crippen LogP contribution in [0.15, 0.2) is 12.2 Å². The first-order valence-corrected chi connectivity index (χ1v) is 24.0. The van der Waals surface area contributed by atoms with E-state index in [9.17, 15) is 14.7 Å². The second-order valence-corrected chi connectivity index (χ2v) is 17.0. The van der Waals surface area contributed by atoms with Gasteiger partial charge in [-0.25, -0.2) is 0 Å². The van der Waals surface area contributed by atoms with Crippen LogP contribution >= 0.6 is 0 Å². The Morgan fingerprint density at radius 3 is 1.56 bits per heavy atom. The summed E-state index contributed by atoms with van der Waals surface area (Å²) in [7, 11) is 0. The van der Waals surface area contributed by atoms with E-state index in [0.717, 1.165) is 77.3 Å². The van der Waals surface area contributed by atoms with Crippen LogP contribution in [0, 0.1) is 0 Å². The summed E-state index contributed by atoms with van der Waals surface area (Å²) in [4.78, 5) is 28.5. The van der Waals surface area contributed by atoms with Crippen molar-refractivity contribution in [3.8, 4) is 0 Å². The Morgan fingerprint density at radius 2 is 1.09 bits per heavy atom. The Kier molecular flexibility index (Phi) is 33.5. The van der Waals surface area contributed by atoms with Gasteiger partial charge >= 0.3 is 5.97 Å². The summed E-state index contributed by atoms with van der Waals surface area (Å²) in [6.45, 7) is 12.8. The molecule has 1 fully saturated rings. The van der Waals surface area contributed by atoms with Gasteiger partial charge in [0, 0.05) is 6.42 Å². The predicted octanol–water partition coefficient (Wildman–Crippen LogP) is 12.6.